The minimum Gasteiger partial charge on any atom is -0.492 e. The number of benzene rings is 1. The molecule has 6 heteroatoms. The molecule has 1 aliphatic rings. The fourth-order valence-electron chi connectivity index (χ4n) is 2.82. The molecule has 3 nitrogen and oxygen atoms in total. The molecule has 1 N–H and O–H groups in total. The summed E-state index contributed by atoms with van der Waals surface area (Å²) in [6.07, 6.45) is -0.646. The number of ether oxygens (including phenoxy) is 1. The van der Waals surface area contributed by atoms with Crippen LogP contribution in [0.3, 0.4) is 0 Å². The second kappa shape index (κ2) is 7.33. The molecule has 1 aliphatic carbocycles. The van der Waals surface area contributed by atoms with E-state index in [1.54, 1.807) is 0 Å². The van der Waals surface area contributed by atoms with E-state index in [2.05, 4.69) is 4.90 Å². The van der Waals surface area contributed by atoms with E-state index in [1.807, 2.05) is 7.05 Å². The van der Waals surface area contributed by atoms with Crippen molar-refractivity contribution in [3.05, 3.63) is 29.8 Å². The molecule has 22 heavy (non-hydrogen) atoms. The number of halogens is 3. The predicted molar refractivity (Wildman–Crippen MR) is 77.8 cm³/mol. The first-order valence-electron chi connectivity index (χ1n) is 7.56. The van der Waals surface area contributed by atoms with Crippen molar-refractivity contribution < 1.29 is 23.0 Å². The highest BCUT2D eigenvalue weighted by Gasteiger charge is 2.30. The quantitative estimate of drug-likeness (QED) is 0.904. The van der Waals surface area contributed by atoms with Gasteiger partial charge in [-0.25, -0.2) is 0 Å². The third kappa shape index (κ3) is 4.61. The summed E-state index contributed by atoms with van der Waals surface area (Å²) in [5.74, 6) is 0.422. The Labute approximate surface area is 128 Å². The average molecular weight is 317 g/mol. The Morgan fingerprint density at radius 1 is 1.18 bits per heavy atom. The van der Waals surface area contributed by atoms with Gasteiger partial charge in [0, 0.05) is 12.6 Å². The van der Waals surface area contributed by atoms with Crippen LogP contribution in [0.1, 0.15) is 31.2 Å². The number of hydrogen-bond acceptors (Lipinski definition) is 3. The predicted octanol–water partition coefficient (Wildman–Crippen LogP) is 3.32. The zero-order chi connectivity index (χ0) is 16.2. The first-order valence-corrected chi connectivity index (χ1v) is 7.56. The number of aliphatic hydroxyl groups excluding tert-OH is 1. The van der Waals surface area contributed by atoms with E-state index in [9.17, 15) is 18.3 Å². The fourth-order valence-corrected chi connectivity index (χ4v) is 2.82. The fraction of sp³-hybridized carbons (Fsp3) is 0.625. The van der Waals surface area contributed by atoms with Gasteiger partial charge in [0.2, 0.25) is 0 Å². The Balaban J connectivity index is 1.78. The van der Waals surface area contributed by atoms with Crippen molar-refractivity contribution in [2.24, 2.45) is 0 Å². The van der Waals surface area contributed by atoms with Crippen LogP contribution in [0.25, 0.3) is 0 Å². The molecule has 0 spiro atoms. The number of rotatable bonds is 5. The molecule has 0 radical (unpaired) electrons. The monoisotopic (exact) mass is 317 g/mol. The van der Waals surface area contributed by atoms with Crippen molar-refractivity contribution in [2.45, 2.75) is 44.0 Å². The maximum atomic E-state index is 12.4. The molecule has 0 saturated heterocycles. The minimum atomic E-state index is -4.32. The van der Waals surface area contributed by atoms with Gasteiger partial charge >= 0.3 is 6.18 Å². The Hall–Kier alpha value is -1.27. The summed E-state index contributed by atoms with van der Waals surface area (Å²) in [5.41, 5.74) is -0.678. The highest BCUT2D eigenvalue weighted by molar-refractivity contribution is 5.28. The van der Waals surface area contributed by atoms with Crippen molar-refractivity contribution in [3.8, 4) is 5.75 Å². The van der Waals surface area contributed by atoms with Gasteiger partial charge in [-0.1, -0.05) is 12.8 Å². The van der Waals surface area contributed by atoms with Crippen molar-refractivity contribution in [1.82, 2.24) is 4.90 Å². The smallest absolute Gasteiger partial charge is 0.416 e. The molecule has 0 amide bonds. The molecular weight excluding hydrogens is 295 g/mol. The van der Waals surface area contributed by atoms with Gasteiger partial charge in [0.05, 0.1) is 11.7 Å². The minimum absolute atomic E-state index is 0.143. The van der Waals surface area contributed by atoms with Gasteiger partial charge in [-0.05, 0) is 44.2 Å². The summed E-state index contributed by atoms with van der Waals surface area (Å²) >= 11 is 0. The maximum absolute atomic E-state index is 12.4. The van der Waals surface area contributed by atoms with Gasteiger partial charge in [-0.15, -0.1) is 0 Å². The third-order valence-corrected chi connectivity index (χ3v) is 4.15. The van der Waals surface area contributed by atoms with Crippen LogP contribution in [0.5, 0.6) is 5.75 Å². The van der Waals surface area contributed by atoms with Crippen LogP contribution in [-0.2, 0) is 6.18 Å². The van der Waals surface area contributed by atoms with Crippen molar-refractivity contribution in [1.29, 1.82) is 0 Å². The molecule has 0 bridgehead atoms. The number of hydrogen-bond donors (Lipinski definition) is 1. The lowest BCUT2D eigenvalue weighted by Crippen LogP contribution is -2.44. The van der Waals surface area contributed by atoms with Gasteiger partial charge in [0.25, 0.3) is 0 Å². The van der Waals surface area contributed by atoms with Crippen LogP contribution in [0, 0.1) is 0 Å². The number of alkyl halides is 3. The van der Waals surface area contributed by atoms with Crippen LogP contribution in [0.2, 0.25) is 0 Å². The molecular formula is C16H22F3NO2. The molecule has 0 heterocycles. The lowest BCUT2D eigenvalue weighted by molar-refractivity contribution is -0.137. The van der Waals surface area contributed by atoms with E-state index >= 15 is 0 Å². The zero-order valence-corrected chi connectivity index (χ0v) is 12.6. The normalized spacial score (nSPS) is 22.8. The number of aliphatic hydroxyl groups is 1. The van der Waals surface area contributed by atoms with Crippen molar-refractivity contribution >= 4 is 0 Å². The Bertz CT molecular complexity index is 461. The lowest BCUT2D eigenvalue weighted by Gasteiger charge is -2.35. The Morgan fingerprint density at radius 2 is 1.82 bits per heavy atom. The summed E-state index contributed by atoms with van der Waals surface area (Å²) in [7, 11) is 1.94. The van der Waals surface area contributed by atoms with Gasteiger partial charge in [-0.2, -0.15) is 13.2 Å². The molecule has 2 rings (SSSR count). The van der Waals surface area contributed by atoms with Crippen molar-refractivity contribution in [2.75, 3.05) is 20.2 Å². The average Bonchev–Trinajstić information content (AvgIpc) is 2.47. The largest absolute Gasteiger partial charge is 0.492 e. The summed E-state index contributed by atoms with van der Waals surface area (Å²) in [4.78, 5) is 2.06. The maximum Gasteiger partial charge on any atom is 0.416 e. The highest BCUT2D eigenvalue weighted by Crippen LogP contribution is 2.30. The van der Waals surface area contributed by atoms with Gasteiger partial charge in [0.15, 0.2) is 0 Å². The van der Waals surface area contributed by atoms with Crippen LogP contribution in [0.4, 0.5) is 13.2 Å². The molecule has 0 unspecified atom stereocenters. The SMILES string of the molecule is CN(CCOc1ccc(C(F)(F)F)cc1)[C@@H]1CCCC[C@H]1O. The molecule has 1 fully saturated rings. The standard InChI is InChI=1S/C16H22F3NO2/c1-20(14-4-2-3-5-15(14)21)10-11-22-13-8-6-12(7-9-13)16(17,18)19/h6-9,14-15,21H,2-5,10-11H2,1H3/t14-,15-/m1/s1. The van der Waals surface area contributed by atoms with E-state index in [0.717, 1.165) is 37.8 Å². The van der Waals surface area contributed by atoms with E-state index < -0.39 is 11.7 Å². The van der Waals surface area contributed by atoms with E-state index in [4.69, 9.17) is 4.74 Å². The number of likely N-dealkylation sites (N-methyl/N-ethyl adjacent to an activating group) is 1. The van der Waals surface area contributed by atoms with E-state index in [-0.39, 0.29) is 12.1 Å². The van der Waals surface area contributed by atoms with Gasteiger partial charge in [0.1, 0.15) is 12.4 Å². The molecule has 0 aliphatic heterocycles. The van der Waals surface area contributed by atoms with Crippen LogP contribution >= 0.6 is 0 Å². The topological polar surface area (TPSA) is 32.7 Å². The highest BCUT2D eigenvalue weighted by atomic mass is 19.4. The van der Waals surface area contributed by atoms with E-state index in [0.29, 0.717) is 18.9 Å². The third-order valence-electron chi connectivity index (χ3n) is 4.15. The van der Waals surface area contributed by atoms with E-state index in [1.165, 1.54) is 12.1 Å². The molecule has 124 valence electrons. The van der Waals surface area contributed by atoms with Crippen LogP contribution in [0.15, 0.2) is 24.3 Å². The molecule has 1 aromatic rings. The van der Waals surface area contributed by atoms with Gasteiger partial charge in [-0.3, -0.25) is 4.90 Å². The summed E-state index contributed by atoms with van der Waals surface area (Å²) < 4.78 is 42.8. The summed E-state index contributed by atoms with van der Waals surface area (Å²) in [5, 5.41) is 9.97. The zero-order valence-electron chi connectivity index (χ0n) is 12.6. The first kappa shape index (κ1) is 17.1. The van der Waals surface area contributed by atoms with Gasteiger partial charge < -0.3 is 9.84 Å². The van der Waals surface area contributed by atoms with Crippen LogP contribution in [-0.4, -0.2) is 42.4 Å². The Morgan fingerprint density at radius 3 is 2.41 bits per heavy atom. The molecule has 2 atom stereocenters. The number of nitrogens with zero attached hydrogens (tertiary/aromatic N) is 1. The second-order valence-electron chi connectivity index (χ2n) is 5.77. The Kier molecular flexibility index (Phi) is 5.69. The first-order chi connectivity index (χ1) is 10.4. The molecule has 0 aromatic heterocycles. The van der Waals surface area contributed by atoms with Crippen molar-refractivity contribution in [3.63, 3.8) is 0 Å². The molecule has 1 saturated carbocycles. The summed E-state index contributed by atoms with van der Waals surface area (Å²) in [6.45, 7) is 1.01. The molecule has 1 aromatic carbocycles. The summed E-state index contributed by atoms with van der Waals surface area (Å²) in [6, 6.07) is 4.84. The second-order valence-corrected chi connectivity index (χ2v) is 5.77. The lowest BCUT2D eigenvalue weighted by atomic mass is 9.92. The van der Waals surface area contributed by atoms with Crippen LogP contribution < -0.4 is 4.74 Å².